The van der Waals surface area contributed by atoms with Crippen LogP contribution in [0.2, 0.25) is 8.60 Å². The fraction of sp³-hybridized carbons (Fsp3) is 0.833. The van der Waals surface area contributed by atoms with Gasteiger partial charge in [0.25, 0.3) is 0 Å². The molecule has 0 fully saturated rings. The summed E-state index contributed by atoms with van der Waals surface area (Å²) < 4.78 is 1.73. The van der Waals surface area contributed by atoms with E-state index in [-0.39, 0.29) is 20.4 Å². The zero-order chi connectivity index (χ0) is 6.41. The highest BCUT2D eigenvalue weighted by Gasteiger charge is 2.01. The van der Waals surface area contributed by atoms with Gasteiger partial charge in [0.15, 0.2) is 0 Å². The fourth-order valence-corrected chi connectivity index (χ4v) is 1.67. The molecule has 0 amide bonds. The van der Waals surface area contributed by atoms with Crippen LogP contribution in [0, 0.1) is 0 Å². The van der Waals surface area contributed by atoms with Crippen LogP contribution in [0.1, 0.15) is 20.3 Å². The van der Waals surface area contributed by atoms with Crippen molar-refractivity contribution in [2.75, 3.05) is 0 Å². The van der Waals surface area contributed by atoms with Crippen LogP contribution in [-0.2, 0) is 4.79 Å². The first kappa shape index (κ1) is 8.44. The topological polar surface area (TPSA) is 17.1 Å². The summed E-state index contributed by atoms with van der Waals surface area (Å²) in [4.78, 5) is 9.86. The van der Waals surface area contributed by atoms with Gasteiger partial charge in [-0.3, -0.25) is 0 Å². The third-order valence-corrected chi connectivity index (χ3v) is 3.61. The number of rotatable bonds is 4. The average Bonchev–Trinajstić information content (AvgIpc) is 1.83. The Kier molecular flexibility index (Phi) is 5.87. The lowest BCUT2D eigenvalue weighted by Crippen LogP contribution is -1.97. The van der Waals surface area contributed by atoms with Crippen molar-refractivity contribution in [1.82, 2.24) is 0 Å². The Hall–Kier alpha value is 0.436. The van der Waals surface area contributed by atoms with Crippen LogP contribution in [0.3, 0.4) is 0 Å². The van der Waals surface area contributed by atoms with Gasteiger partial charge in [-0.25, -0.2) is 0 Å². The van der Waals surface area contributed by atoms with Crippen molar-refractivity contribution in [2.45, 2.75) is 28.9 Å². The molecule has 44 valence electrons. The second kappa shape index (κ2) is 5.57. The van der Waals surface area contributed by atoms with Crippen molar-refractivity contribution in [3.8, 4) is 0 Å². The first-order valence-corrected chi connectivity index (χ1v) is 5.06. The maximum atomic E-state index is 9.86. The van der Waals surface area contributed by atoms with E-state index in [9.17, 15) is 4.79 Å². The molecule has 0 spiro atoms. The van der Waals surface area contributed by atoms with Gasteiger partial charge in [-0.05, 0) is 0 Å². The van der Waals surface area contributed by atoms with E-state index in [4.69, 9.17) is 0 Å². The minimum absolute atomic E-state index is 0.0324. The Labute approximate surface area is 60.6 Å². The molecule has 1 nitrogen and oxygen atoms in total. The molecule has 0 bridgehead atoms. The Morgan fingerprint density at radius 2 is 2.38 bits per heavy atom. The van der Waals surface area contributed by atoms with E-state index in [1.807, 2.05) is 0 Å². The monoisotopic (exact) mass is 124 g/mol. The Morgan fingerprint density at radius 3 is 2.75 bits per heavy atom. The molecule has 1 unspecified atom stereocenters. The van der Waals surface area contributed by atoms with Crippen LogP contribution in [-0.4, -0.2) is 26.7 Å². The summed E-state index contributed by atoms with van der Waals surface area (Å²) in [6.45, 7) is 4.41. The molecule has 8 heavy (non-hydrogen) atoms. The summed E-state index contributed by atoms with van der Waals surface area (Å²) >= 11 is -0.0324. The highest BCUT2D eigenvalue weighted by molar-refractivity contribution is 6.41. The van der Waals surface area contributed by atoms with Crippen molar-refractivity contribution in [1.29, 1.82) is 0 Å². The van der Waals surface area contributed by atoms with Crippen molar-refractivity contribution < 1.29 is 4.79 Å². The third kappa shape index (κ3) is 4.59. The molecule has 1 atom stereocenters. The molecule has 0 saturated carbocycles. The van der Waals surface area contributed by atoms with E-state index in [1.165, 1.54) is 6.42 Å². The molecular weight excluding hydrogens is 112 g/mol. The smallest absolute Gasteiger partial charge is 0.306 e. The summed E-state index contributed by atoms with van der Waals surface area (Å²) in [6, 6.07) is 0. The molecule has 0 aromatic carbocycles. The maximum absolute atomic E-state index is 9.86. The summed E-state index contributed by atoms with van der Waals surface area (Å²) in [7, 11) is 0. The van der Waals surface area contributed by atoms with Crippen LogP contribution in [0.25, 0.3) is 0 Å². The van der Waals surface area contributed by atoms with Gasteiger partial charge < -0.3 is 4.79 Å². The first-order valence-electron chi connectivity index (χ1n) is 3.24. The van der Waals surface area contributed by atoms with E-state index in [1.54, 1.807) is 0 Å². The SMILES string of the molecule is CC[CH](C)[Mg][CH2]C=O. The number of carbonyl (C=O) groups is 1. The minimum atomic E-state index is -0.0324. The Bertz CT molecular complexity index is 63.5. The molecule has 0 rings (SSSR count). The molecule has 0 aromatic rings. The van der Waals surface area contributed by atoms with Gasteiger partial charge in [0.05, 0.1) is 6.29 Å². The number of hydrogen-bond acceptors (Lipinski definition) is 1. The summed E-state index contributed by atoms with van der Waals surface area (Å²) in [5.41, 5.74) is 0. The molecule has 0 saturated heterocycles. The third-order valence-electron chi connectivity index (χ3n) is 1.47. The zero-order valence-electron chi connectivity index (χ0n) is 5.68. The lowest BCUT2D eigenvalue weighted by atomic mass is 10.4. The molecule has 0 N–H and O–H groups in total. The first-order chi connectivity index (χ1) is 3.81. The summed E-state index contributed by atoms with van der Waals surface area (Å²) in [5, 5.41) is 0. The lowest BCUT2D eigenvalue weighted by Gasteiger charge is -1.99. The van der Waals surface area contributed by atoms with E-state index < -0.39 is 0 Å². The largest absolute Gasteiger partial charge is 0.379 e. The fourth-order valence-electron chi connectivity index (χ4n) is 0.557. The predicted molar refractivity (Wildman–Crippen MR) is 36.3 cm³/mol. The molecule has 2 heteroatoms. The van der Waals surface area contributed by atoms with Crippen molar-refractivity contribution in [3.63, 3.8) is 0 Å². The second-order valence-corrected chi connectivity index (χ2v) is 4.81. The maximum Gasteiger partial charge on any atom is 0.379 e. The standard InChI is InChI=1S/C4H9.C2H3O.Mg/c1-3-4-2;1-2-3;/h3H,4H2,1-2H3;2H,1H2;. The number of aldehydes is 1. The highest BCUT2D eigenvalue weighted by atomic mass is 24.5. The van der Waals surface area contributed by atoms with E-state index in [2.05, 4.69) is 13.8 Å². The van der Waals surface area contributed by atoms with Crippen molar-refractivity contribution in [2.24, 2.45) is 0 Å². The van der Waals surface area contributed by atoms with E-state index >= 15 is 0 Å². The number of hydrogen-bond donors (Lipinski definition) is 0. The van der Waals surface area contributed by atoms with Crippen LogP contribution in [0.5, 0.6) is 0 Å². The van der Waals surface area contributed by atoms with Crippen LogP contribution in [0.4, 0.5) is 0 Å². The molecule has 0 aliphatic rings. The number of carbonyl (C=O) groups excluding carboxylic acids is 1. The molecule has 0 aliphatic carbocycles. The molecule has 0 aliphatic heterocycles. The van der Waals surface area contributed by atoms with Gasteiger partial charge in [0.1, 0.15) is 0 Å². The molecular formula is C6H12MgO. The zero-order valence-corrected chi connectivity index (χ0v) is 7.10. The predicted octanol–water partition coefficient (Wildman–Crippen LogP) is 1.53. The van der Waals surface area contributed by atoms with Crippen LogP contribution in [0.15, 0.2) is 0 Å². The van der Waals surface area contributed by atoms with Gasteiger partial charge in [0.2, 0.25) is 0 Å². The lowest BCUT2D eigenvalue weighted by molar-refractivity contribution is -0.106. The van der Waals surface area contributed by atoms with Crippen LogP contribution < -0.4 is 0 Å². The van der Waals surface area contributed by atoms with E-state index in [0.29, 0.717) is 0 Å². The van der Waals surface area contributed by atoms with Gasteiger partial charge >= 0.3 is 20.4 Å². The van der Waals surface area contributed by atoms with Crippen LogP contribution >= 0.6 is 0 Å². The van der Waals surface area contributed by atoms with Gasteiger partial charge in [-0.1, -0.05) is 24.8 Å². The summed E-state index contributed by atoms with van der Waals surface area (Å²) in [6.07, 6.45) is 2.30. The van der Waals surface area contributed by atoms with E-state index in [0.717, 1.165) is 14.9 Å². The normalized spacial score (nSPS) is 12.2. The molecule has 0 radical (unpaired) electrons. The van der Waals surface area contributed by atoms with Gasteiger partial charge in [-0.15, -0.1) is 4.05 Å². The van der Waals surface area contributed by atoms with Gasteiger partial charge in [-0.2, -0.15) is 0 Å². The molecule has 0 heterocycles. The van der Waals surface area contributed by atoms with Gasteiger partial charge in [0, 0.05) is 0 Å². The second-order valence-electron chi connectivity index (χ2n) is 2.26. The highest BCUT2D eigenvalue weighted by Crippen LogP contribution is 2.05. The van der Waals surface area contributed by atoms with Crippen molar-refractivity contribution in [3.05, 3.63) is 0 Å². The van der Waals surface area contributed by atoms with Crippen molar-refractivity contribution >= 4 is 26.7 Å². The Balaban J connectivity index is 2.97. The Morgan fingerprint density at radius 1 is 1.75 bits per heavy atom. The summed E-state index contributed by atoms with van der Waals surface area (Å²) in [5.74, 6) is 0. The quantitative estimate of drug-likeness (QED) is 0.410. The average molecular weight is 124 g/mol. The molecule has 0 aromatic heterocycles. The minimum Gasteiger partial charge on any atom is -0.306 e.